The Balaban J connectivity index is 1.46. The van der Waals surface area contributed by atoms with E-state index in [0.717, 1.165) is 55.1 Å². The fourth-order valence-corrected chi connectivity index (χ4v) is 7.47. The first-order chi connectivity index (χ1) is 20.7. The first-order valence-electron chi connectivity index (χ1n) is 14.3. The second-order valence-corrected chi connectivity index (χ2v) is 11.3. The monoisotopic (exact) mass is 542 g/mol. The average molecular weight is 543 g/mol. The first-order valence-corrected chi connectivity index (χ1v) is 14.3. The summed E-state index contributed by atoms with van der Waals surface area (Å²) < 4.78 is 0. The molecule has 6 aromatic carbocycles. The van der Waals surface area contributed by atoms with Gasteiger partial charge in [0.25, 0.3) is 0 Å². The van der Waals surface area contributed by atoms with Gasteiger partial charge in [0.05, 0.1) is 11.8 Å². The molecule has 0 saturated carbocycles. The zero-order valence-electron chi connectivity index (χ0n) is 22.6. The number of nitrogens with one attached hydrogen (secondary N) is 2. The van der Waals surface area contributed by atoms with E-state index in [9.17, 15) is 10.2 Å². The Labute approximate surface area is 241 Å². The van der Waals surface area contributed by atoms with Crippen LogP contribution in [0.3, 0.4) is 0 Å². The summed E-state index contributed by atoms with van der Waals surface area (Å²) in [5, 5.41) is 27.8. The van der Waals surface area contributed by atoms with Gasteiger partial charge in [-0.15, -0.1) is 0 Å². The molecule has 9 rings (SSSR count). The van der Waals surface area contributed by atoms with Gasteiger partial charge in [-0.1, -0.05) is 97.1 Å². The summed E-state index contributed by atoms with van der Waals surface area (Å²) in [5.41, 5.74) is 9.28. The molecule has 1 aliphatic carbocycles. The Kier molecular flexibility index (Phi) is 4.71. The van der Waals surface area contributed by atoms with Crippen molar-refractivity contribution in [3.8, 4) is 11.5 Å². The maximum absolute atomic E-state index is 10.8. The van der Waals surface area contributed by atoms with Crippen molar-refractivity contribution in [2.24, 2.45) is 0 Å². The van der Waals surface area contributed by atoms with Crippen LogP contribution in [0.5, 0.6) is 11.5 Å². The van der Waals surface area contributed by atoms with Crippen LogP contribution < -0.4 is 0 Å². The van der Waals surface area contributed by atoms with Gasteiger partial charge in [0.1, 0.15) is 11.5 Å². The highest BCUT2D eigenvalue weighted by Gasteiger charge is 2.40. The fraction of sp³-hybridized carbons (Fsp3) is 0.0526. The molecule has 0 spiro atoms. The van der Waals surface area contributed by atoms with E-state index in [-0.39, 0.29) is 23.3 Å². The van der Waals surface area contributed by atoms with Gasteiger partial charge in [-0.05, 0) is 57.3 Å². The summed E-state index contributed by atoms with van der Waals surface area (Å²) in [5.74, 6) is 0.386. The fourth-order valence-electron chi connectivity index (χ4n) is 7.47. The van der Waals surface area contributed by atoms with Crippen LogP contribution in [0.25, 0.3) is 43.4 Å². The molecule has 1 aliphatic rings. The number of fused-ring (bicyclic) bond motifs is 8. The van der Waals surface area contributed by atoms with E-state index in [2.05, 4.69) is 82.8 Å². The molecular formula is C38H26N2O2. The molecule has 0 bridgehead atoms. The molecular weight excluding hydrogens is 516 g/mol. The summed E-state index contributed by atoms with van der Waals surface area (Å²) >= 11 is 0. The predicted molar refractivity (Wildman–Crippen MR) is 170 cm³/mol. The average Bonchev–Trinajstić information content (AvgIpc) is 3.60. The molecule has 8 aromatic rings. The number of hydrogen-bond donors (Lipinski definition) is 4. The van der Waals surface area contributed by atoms with Crippen LogP contribution in [-0.4, -0.2) is 20.2 Å². The quantitative estimate of drug-likeness (QED) is 0.176. The van der Waals surface area contributed by atoms with Crippen LogP contribution in [0.4, 0.5) is 0 Å². The highest BCUT2D eigenvalue weighted by Crippen LogP contribution is 2.55. The molecule has 0 aliphatic heterocycles. The molecule has 0 amide bonds. The van der Waals surface area contributed by atoms with Crippen molar-refractivity contribution in [2.45, 2.75) is 11.8 Å². The lowest BCUT2D eigenvalue weighted by atomic mass is 9.71. The number of para-hydroxylation sites is 2. The molecule has 2 atom stereocenters. The minimum atomic E-state index is -0.0938. The normalized spacial score (nSPS) is 16.3. The highest BCUT2D eigenvalue weighted by molar-refractivity contribution is 5.99. The number of H-pyrrole nitrogens is 2. The molecule has 42 heavy (non-hydrogen) atoms. The minimum absolute atomic E-state index is 0.0938. The van der Waals surface area contributed by atoms with Gasteiger partial charge in [-0.3, -0.25) is 0 Å². The zero-order chi connectivity index (χ0) is 27.9. The zero-order valence-corrected chi connectivity index (χ0v) is 22.6. The van der Waals surface area contributed by atoms with Crippen molar-refractivity contribution in [1.82, 2.24) is 9.97 Å². The highest BCUT2D eigenvalue weighted by atomic mass is 16.3. The molecule has 0 saturated heterocycles. The van der Waals surface area contributed by atoms with Gasteiger partial charge in [0.2, 0.25) is 0 Å². The third kappa shape index (κ3) is 3.06. The number of hydrogen-bond acceptors (Lipinski definition) is 2. The third-order valence-corrected chi connectivity index (χ3v) is 9.20. The molecule has 200 valence electrons. The SMILES string of the molecule is Oc1ccc(C2c3[nH]c4ccccc4c3C(c3ccc(O)c4ccccc34)c3[nH]c4ccccc4c32)c2ccccc12. The van der Waals surface area contributed by atoms with Gasteiger partial charge < -0.3 is 20.2 Å². The van der Waals surface area contributed by atoms with Gasteiger partial charge in [-0.25, -0.2) is 0 Å². The molecule has 4 heteroatoms. The van der Waals surface area contributed by atoms with Crippen molar-refractivity contribution in [3.05, 3.63) is 155 Å². The maximum atomic E-state index is 10.8. The van der Waals surface area contributed by atoms with Gasteiger partial charge in [-0.2, -0.15) is 0 Å². The lowest BCUT2D eigenvalue weighted by molar-refractivity contribution is 0.481. The molecule has 4 nitrogen and oxygen atoms in total. The first kappa shape index (κ1) is 23.2. The van der Waals surface area contributed by atoms with Gasteiger partial charge >= 0.3 is 0 Å². The van der Waals surface area contributed by atoms with Crippen LogP contribution in [0.1, 0.15) is 45.5 Å². The lowest BCUT2D eigenvalue weighted by Crippen LogP contribution is -2.19. The lowest BCUT2D eigenvalue weighted by Gasteiger charge is -2.32. The number of aromatic nitrogens is 2. The summed E-state index contributed by atoms with van der Waals surface area (Å²) in [6.45, 7) is 0. The topological polar surface area (TPSA) is 72.0 Å². The second kappa shape index (κ2) is 8.51. The van der Waals surface area contributed by atoms with E-state index in [1.54, 1.807) is 0 Å². The molecule has 0 radical (unpaired) electrons. The summed E-state index contributed by atoms with van der Waals surface area (Å²) in [7, 11) is 0. The number of phenols is 2. The number of aromatic amines is 2. The Morgan fingerprint density at radius 2 is 0.738 bits per heavy atom. The van der Waals surface area contributed by atoms with E-state index in [1.807, 2.05) is 48.5 Å². The number of phenolic OH excluding ortho intramolecular Hbond substituents is 2. The number of aromatic hydroxyl groups is 2. The van der Waals surface area contributed by atoms with Crippen molar-refractivity contribution in [2.75, 3.05) is 0 Å². The van der Waals surface area contributed by atoms with E-state index < -0.39 is 0 Å². The van der Waals surface area contributed by atoms with E-state index in [0.29, 0.717) is 0 Å². The Bertz CT molecular complexity index is 2190. The molecule has 4 N–H and O–H groups in total. The standard InChI is InChI=1S/C38H26N2O2/c41-31-19-17-25(21-9-1-3-11-23(21)31)33-35-27-13-5-7-15-29(27)40-38(35)34(36-28-14-6-8-16-30(28)39-37(33)36)26-18-20-32(42)24-12-4-2-10-22(24)26/h1-20,33-34,39-42H. The van der Waals surface area contributed by atoms with Crippen LogP contribution in [-0.2, 0) is 0 Å². The summed E-state index contributed by atoms with van der Waals surface area (Å²) in [6.07, 6.45) is 0. The molecule has 0 fully saturated rings. The Morgan fingerprint density at radius 1 is 0.381 bits per heavy atom. The van der Waals surface area contributed by atoms with Crippen LogP contribution in [0, 0.1) is 0 Å². The van der Waals surface area contributed by atoms with Crippen molar-refractivity contribution >= 4 is 43.4 Å². The molecule has 2 aromatic heterocycles. The molecule has 2 heterocycles. The second-order valence-electron chi connectivity index (χ2n) is 11.3. The van der Waals surface area contributed by atoms with E-state index in [1.165, 1.54) is 21.9 Å². The number of rotatable bonds is 2. The largest absolute Gasteiger partial charge is 0.507 e. The van der Waals surface area contributed by atoms with Gasteiger partial charge in [0, 0.05) is 44.0 Å². The van der Waals surface area contributed by atoms with Crippen LogP contribution in [0.2, 0.25) is 0 Å². The third-order valence-electron chi connectivity index (χ3n) is 9.20. The number of benzene rings is 6. The van der Waals surface area contributed by atoms with Crippen molar-refractivity contribution in [1.29, 1.82) is 0 Å². The maximum Gasteiger partial charge on any atom is 0.123 e. The smallest absolute Gasteiger partial charge is 0.123 e. The minimum Gasteiger partial charge on any atom is -0.507 e. The Hall–Kier alpha value is -5.48. The van der Waals surface area contributed by atoms with E-state index in [4.69, 9.17) is 0 Å². The van der Waals surface area contributed by atoms with Crippen molar-refractivity contribution < 1.29 is 10.2 Å². The summed E-state index contributed by atoms with van der Waals surface area (Å²) in [6, 6.07) is 41.2. The van der Waals surface area contributed by atoms with E-state index >= 15 is 0 Å². The van der Waals surface area contributed by atoms with Crippen molar-refractivity contribution in [3.63, 3.8) is 0 Å². The van der Waals surface area contributed by atoms with Crippen LogP contribution >= 0.6 is 0 Å². The predicted octanol–water partition coefficient (Wildman–Crippen LogP) is 9.04. The Morgan fingerprint density at radius 3 is 1.17 bits per heavy atom. The summed E-state index contributed by atoms with van der Waals surface area (Å²) in [4.78, 5) is 7.75. The molecule has 2 unspecified atom stereocenters. The van der Waals surface area contributed by atoms with Crippen LogP contribution in [0.15, 0.2) is 121 Å². The van der Waals surface area contributed by atoms with Gasteiger partial charge in [0.15, 0.2) is 0 Å².